The minimum atomic E-state index is -3.61. The fraction of sp³-hybridized carbons (Fsp3) is 0.333. The number of anilines is 2. The molecule has 0 aliphatic rings. The zero-order valence-electron chi connectivity index (χ0n) is 14.5. The van der Waals surface area contributed by atoms with E-state index in [1.165, 1.54) is 37.6 Å². The standard InChI is InChI=1S/C15H21N5O3S2/c1-19(2)13-6-5-10(25(22,23)20(3)4)7-11(13)18-15(21)12-9-24-14(8-16)17-12/h5-7,9H,8,16H2,1-4H3,(H,18,21). The summed E-state index contributed by atoms with van der Waals surface area (Å²) in [6.07, 6.45) is 0. The fourth-order valence-corrected chi connectivity index (χ4v) is 3.65. The van der Waals surface area contributed by atoms with Crippen molar-refractivity contribution in [2.45, 2.75) is 11.4 Å². The second-order valence-corrected chi connectivity index (χ2v) is 8.74. The molecule has 0 bridgehead atoms. The predicted molar refractivity (Wildman–Crippen MR) is 99.6 cm³/mol. The summed E-state index contributed by atoms with van der Waals surface area (Å²) < 4.78 is 25.8. The minimum absolute atomic E-state index is 0.0966. The molecule has 0 spiro atoms. The van der Waals surface area contributed by atoms with Gasteiger partial charge in [-0.05, 0) is 18.2 Å². The summed E-state index contributed by atoms with van der Waals surface area (Å²) in [6, 6.07) is 4.60. The van der Waals surface area contributed by atoms with Crippen LogP contribution in [0.4, 0.5) is 11.4 Å². The van der Waals surface area contributed by atoms with E-state index in [4.69, 9.17) is 5.73 Å². The van der Waals surface area contributed by atoms with Crippen molar-refractivity contribution < 1.29 is 13.2 Å². The summed E-state index contributed by atoms with van der Waals surface area (Å²) in [4.78, 5) is 18.4. The van der Waals surface area contributed by atoms with Crippen LogP contribution in [0.1, 0.15) is 15.5 Å². The normalized spacial score (nSPS) is 11.6. The Labute approximate surface area is 151 Å². The number of nitrogens with two attached hydrogens (primary N) is 1. The minimum Gasteiger partial charge on any atom is -0.376 e. The van der Waals surface area contributed by atoms with Crippen molar-refractivity contribution in [3.63, 3.8) is 0 Å². The number of aromatic nitrogens is 1. The summed E-state index contributed by atoms with van der Waals surface area (Å²) >= 11 is 1.30. The van der Waals surface area contributed by atoms with Crippen LogP contribution in [0.25, 0.3) is 0 Å². The number of nitrogens with one attached hydrogen (secondary N) is 1. The van der Waals surface area contributed by atoms with Crippen molar-refractivity contribution in [3.8, 4) is 0 Å². The molecule has 1 aromatic heterocycles. The molecule has 25 heavy (non-hydrogen) atoms. The Morgan fingerprint density at radius 3 is 2.48 bits per heavy atom. The summed E-state index contributed by atoms with van der Waals surface area (Å²) in [5, 5.41) is 5.01. The Kier molecular flexibility index (Phi) is 5.78. The molecule has 2 rings (SSSR count). The van der Waals surface area contributed by atoms with E-state index in [1.807, 2.05) is 0 Å². The number of nitrogens with zero attached hydrogens (tertiary/aromatic N) is 3. The maximum atomic E-state index is 12.4. The number of benzene rings is 1. The van der Waals surface area contributed by atoms with Crippen LogP contribution in [0.2, 0.25) is 0 Å². The average molecular weight is 383 g/mol. The van der Waals surface area contributed by atoms with Gasteiger partial charge in [0, 0.05) is 40.1 Å². The number of thiazole rings is 1. The van der Waals surface area contributed by atoms with Crippen LogP contribution in [0.5, 0.6) is 0 Å². The topological polar surface area (TPSA) is 109 Å². The molecule has 1 heterocycles. The highest BCUT2D eigenvalue weighted by molar-refractivity contribution is 7.89. The van der Waals surface area contributed by atoms with Gasteiger partial charge in [0.1, 0.15) is 10.7 Å². The van der Waals surface area contributed by atoms with Crippen molar-refractivity contribution >= 4 is 38.6 Å². The molecule has 0 aliphatic heterocycles. The zero-order valence-corrected chi connectivity index (χ0v) is 16.1. The van der Waals surface area contributed by atoms with E-state index in [9.17, 15) is 13.2 Å². The Bertz CT molecular complexity index is 875. The fourth-order valence-electron chi connectivity index (χ4n) is 2.07. The lowest BCUT2D eigenvalue weighted by atomic mass is 10.2. The van der Waals surface area contributed by atoms with Crippen molar-refractivity contribution in [2.75, 3.05) is 38.4 Å². The lowest BCUT2D eigenvalue weighted by Gasteiger charge is -2.20. The SMILES string of the molecule is CN(C)c1ccc(S(=O)(=O)N(C)C)cc1NC(=O)c1csc(CN)n1. The van der Waals surface area contributed by atoms with E-state index in [1.54, 1.807) is 30.4 Å². The van der Waals surface area contributed by atoms with Gasteiger partial charge in [0.25, 0.3) is 5.91 Å². The number of carbonyl (C=O) groups excluding carboxylic acids is 1. The van der Waals surface area contributed by atoms with E-state index in [0.29, 0.717) is 16.4 Å². The Hall–Kier alpha value is -2.01. The highest BCUT2D eigenvalue weighted by Crippen LogP contribution is 2.29. The second-order valence-electron chi connectivity index (χ2n) is 5.65. The molecular formula is C15H21N5O3S2. The lowest BCUT2D eigenvalue weighted by Crippen LogP contribution is -2.23. The first-order chi connectivity index (χ1) is 11.7. The van der Waals surface area contributed by atoms with Crippen LogP contribution < -0.4 is 16.0 Å². The summed E-state index contributed by atoms with van der Waals surface area (Å²) in [6.45, 7) is 0.261. The Morgan fingerprint density at radius 1 is 1.28 bits per heavy atom. The van der Waals surface area contributed by atoms with Crippen LogP contribution in [0.3, 0.4) is 0 Å². The maximum Gasteiger partial charge on any atom is 0.275 e. The van der Waals surface area contributed by atoms with Gasteiger partial charge in [0.05, 0.1) is 16.3 Å². The van der Waals surface area contributed by atoms with E-state index < -0.39 is 15.9 Å². The third-order valence-electron chi connectivity index (χ3n) is 3.44. The van der Waals surface area contributed by atoms with E-state index in [2.05, 4.69) is 10.3 Å². The number of hydrogen-bond donors (Lipinski definition) is 2. The molecule has 2 aromatic rings. The van der Waals surface area contributed by atoms with Gasteiger partial charge >= 0.3 is 0 Å². The molecule has 8 nitrogen and oxygen atoms in total. The molecule has 136 valence electrons. The third kappa shape index (κ3) is 4.15. The second kappa shape index (κ2) is 7.48. The van der Waals surface area contributed by atoms with Crippen LogP contribution in [-0.4, -0.2) is 51.8 Å². The molecule has 1 amide bonds. The van der Waals surface area contributed by atoms with Gasteiger partial charge in [-0.2, -0.15) is 0 Å². The van der Waals surface area contributed by atoms with Gasteiger partial charge in [0.2, 0.25) is 10.0 Å². The first kappa shape index (κ1) is 19.3. The summed E-state index contributed by atoms with van der Waals surface area (Å²) in [5.74, 6) is -0.418. The average Bonchev–Trinajstić information content (AvgIpc) is 3.03. The third-order valence-corrected chi connectivity index (χ3v) is 6.12. The van der Waals surface area contributed by atoms with Crippen LogP contribution >= 0.6 is 11.3 Å². The number of hydrogen-bond acceptors (Lipinski definition) is 7. The van der Waals surface area contributed by atoms with Crippen LogP contribution in [0.15, 0.2) is 28.5 Å². The molecule has 10 heteroatoms. The molecule has 0 unspecified atom stereocenters. The number of amides is 1. The first-order valence-corrected chi connectivity index (χ1v) is 9.68. The van der Waals surface area contributed by atoms with E-state index in [0.717, 1.165) is 4.31 Å². The van der Waals surface area contributed by atoms with Crippen molar-refractivity contribution in [2.24, 2.45) is 5.73 Å². The molecule has 0 atom stereocenters. The number of carbonyl (C=O) groups is 1. The lowest BCUT2D eigenvalue weighted by molar-refractivity contribution is 0.102. The van der Waals surface area contributed by atoms with Crippen LogP contribution in [0, 0.1) is 0 Å². The van der Waals surface area contributed by atoms with Crippen LogP contribution in [-0.2, 0) is 16.6 Å². The predicted octanol–water partition coefficient (Wildman–Crippen LogP) is 1.17. The summed E-state index contributed by atoms with van der Waals surface area (Å²) in [7, 11) is 2.91. The van der Waals surface area contributed by atoms with E-state index in [-0.39, 0.29) is 17.1 Å². The quantitative estimate of drug-likeness (QED) is 0.775. The molecule has 0 saturated heterocycles. The van der Waals surface area contributed by atoms with Crippen molar-refractivity contribution in [1.29, 1.82) is 0 Å². The molecule has 0 fully saturated rings. The van der Waals surface area contributed by atoms with Gasteiger partial charge in [-0.1, -0.05) is 0 Å². The van der Waals surface area contributed by atoms with Gasteiger partial charge < -0.3 is 16.0 Å². The maximum absolute atomic E-state index is 12.4. The van der Waals surface area contributed by atoms with Crippen molar-refractivity contribution in [3.05, 3.63) is 34.3 Å². The highest BCUT2D eigenvalue weighted by Gasteiger charge is 2.21. The molecule has 0 aliphatic carbocycles. The van der Waals surface area contributed by atoms with E-state index >= 15 is 0 Å². The Balaban J connectivity index is 2.41. The molecular weight excluding hydrogens is 362 g/mol. The van der Waals surface area contributed by atoms with Gasteiger partial charge in [0.15, 0.2) is 0 Å². The molecule has 0 saturated carbocycles. The molecule has 0 radical (unpaired) electrons. The summed E-state index contributed by atoms with van der Waals surface area (Å²) in [5.41, 5.74) is 6.83. The zero-order chi connectivity index (χ0) is 18.8. The number of sulfonamides is 1. The smallest absolute Gasteiger partial charge is 0.275 e. The molecule has 1 aromatic carbocycles. The number of rotatable bonds is 6. The van der Waals surface area contributed by atoms with Crippen molar-refractivity contribution in [1.82, 2.24) is 9.29 Å². The van der Waals surface area contributed by atoms with Gasteiger partial charge in [-0.15, -0.1) is 11.3 Å². The largest absolute Gasteiger partial charge is 0.376 e. The van der Waals surface area contributed by atoms with Gasteiger partial charge in [-0.25, -0.2) is 17.7 Å². The monoisotopic (exact) mass is 383 g/mol. The first-order valence-electron chi connectivity index (χ1n) is 7.36. The highest BCUT2D eigenvalue weighted by atomic mass is 32.2. The Morgan fingerprint density at radius 2 is 1.96 bits per heavy atom. The van der Waals surface area contributed by atoms with Gasteiger partial charge in [-0.3, -0.25) is 4.79 Å². The molecule has 3 N–H and O–H groups in total.